The Bertz CT molecular complexity index is 463. The molecule has 0 aliphatic carbocycles. The van der Waals surface area contributed by atoms with E-state index in [-0.39, 0.29) is 18.7 Å². The predicted molar refractivity (Wildman–Crippen MR) is 67.1 cm³/mol. The van der Waals surface area contributed by atoms with Crippen molar-refractivity contribution in [3.63, 3.8) is 0 Å². The van der Waals surface area contributed by atoms with Gasteiger partial charge in [0.2, 0.25) is 0 Å². The predicted octanol–water partition coefficient (Wildman–Crippen LogP) is 2.10. The first-order valence-corrected chi connectivity index (χ1v) is 6.63. The Balaban J connectivity index is 1.90. The Morgan fingerprint density at radius 1 is 1.56 bits per heavy atom. The SMILES string of the molecule is CCOC(=O)CC#Cc1csc(C2OCCO2)c1. The molecule has 1 fully saturated rings. The van der Waals surface area contributed by atoms with E-state index in [1.165, 1.54) is 0 Å². The molecule has 0 unspecified atom stereocenters. The first kappa shape index (κ1) is 13.1. The number of carbonyl (C=O) groups excluding carboxylic acids is 1. The molecule has 0 saturated carbocycles. The Morgan fingerprint density at radius 2 is 2.33 bits per heavy atom. The number of hydrogen-bond acceptors (Lipinski definition) is 5. The fraction of sp³-hybridized carbons (Fsp3) is 0.462. The monoisotopic (exact) mass is 266 g/mol. The molecule has 0 atom stereocenters. The maximum absolute atomic E-state index is 11.1. The van der Waals surface area contributed by atoms with Crippen molar-refractivity contribution in [2.75, 3.05) is 19.8 Å². The van der Waals surface area contributed by atoms with Gasteiger partial charge in [0.1, 0.15) is 6.42 Å². The van der Waals surface area contributed by atoms with E-state index >= 15 is 0 Å². The van der Waals surface area contributed by atoms with Crippen LogP contribution in [0.4, 0.5) is 0 Å². The molecule has 1 saturated heterocycles. The standard InChI is InChI=1S/C13H14O4S/c1-2-15-12(14)5-3-4-10-8-11(18-9-10)13-16-6-7-17-13/h8-9,13H,2,5-7H2,1H3. The zero-order valence-corrected chi connectivity index (χ0v) is 10.9. The van der Waals surface area contributed by atoms with Crippen molar-refractivity contribution in [1.82, 2.24) is 0 Å². The van der Waals surface area contributed by atoms with Gasteiger partial charge in [-0.25, -0.2) is 0 Å². The minimum absolute atomic E-state index is 0.120. The molecule has 0 bridgehead atoms. The van der Waals surface area contributed by atoms with Crippen LogP contribution in [-0.4, -0.2) is 25.8 Å². The third-order valence-electron chi connectivity index (χ3n) is 2.24. The Labute approximate surface area is 110 Å². The van der Waals surface area contributed by atoms with Crippen LogP contribution in [0.1, 0.15) is 30.1 Å². The largest absolute Gasteiger partial charge is 0.465 e. The molecule has 1 aromatic rings. The van der Waals surface area contributed by atoms with Gasteiger partial charge in [0.05, 0.1) is 24.7 Å². The van der Waals surface area contributed by atoms with E-state index in [1.54, 1.807) is 18.3 Å². The van der Waals surface area contributed by atoms with Gasteiger partial charge in [-0.2, -0.15) is 0 Å². The number of ether oxygens (including phenoxy) is 3. The van der Waals surface area contributed by atoms with E-state index in [2.05, 4.69) is 11.8 Å². The van der Waals surface area contributed by atoms with E-state index in [1.807, 2.05) is 11.4 Å². The average Bonchev–Trinajstić information content (AvgIpc) is 2.99. The second kappa shape index (κ2) is 6.55. The lowest BCUT2D eigenvalue weighted by molar-refractivity contribution is -0.141. The van der Waals surface area contributed by atoms with E-state index in [9.17, 15) is 4.79 Å². The third-order valence-corrected chi connectivity index (χ3v) is 3.20. The quantitative estimate of drug-likeness (QED) is 0.621. The molecule has 1 aliphatic heterocycles. The van der Waals surface area contributed by atoms with Crippen LogP contribution in [0.25, 0.3) is 0 Å². The molecule has 1 aromatic heterocycles. The van der Waals surface area contributed by atoms with Gasteiger partial charge >= 0.3 is 5.97 Å². The summed E-state index contributed by atoms with van der Waals surface area (Å²) in [5, 5.41) is 1.93. The second-order valence-electron chi connectivity index (χ2n) is 3.59. The average molecular weight is 266 g/mol. The number of rotatable bonds is 3. The first-order chi connectivity index (χ1) is 8.79. The Kier molecular flexibility index (Phi) is 4.76. The van der Waals surface area contributed by atoms with Crippen molar-refractivity contribution < 1.29 is 19.0 Å². The normalized spacial score (nSPS) is 15.2. The van der Waals surface area contributed by atoms with Gasteiger partial charge in [0, 0.05) is 10.9 Å². The Hall–Kier alpha value is -1.35. The molecular weight excluding hydrogens is 252 g/mol. The van der Waals surface area contributed by atoms with Gasteiger partial charge < -0.3 is 14.2 Å². The van der Waals surface area contributed by atoms with Crippen LogP contribution >= 0.6 is 11.3 Å². The third kappa shape index (κ3) is 3.57. The molecule has 0 radical (unpaired) electrons. The summed E-state index contributed by atoms with van der Waals surface area (Å²) in [7, 11) is 0. The van der Waals surface area contributed by atoms with Gasteiger partial charge in [-0.3, -0.25) is 4.79 Å². The molecule has 2 heterocycles. The molecule has 1 aliphatic rings. The minimum Gasteiger partial charge on any atom is -0.465 e. The fourth-order valence-corrected chi connectivity index (χ4v) is 2.33. The molecule has 0 amide bonds. The summed E-state index contributed by atoms with van der Waals surface area (Å²) in [4.78, 5) is 12.1. The molecule has 0 spiro atoms. The maximum Gasteiger partial charge on any atom is 0.317 e. The zero-order valence-electron chi connectivity index (χ0n) is 10.1. The van der Waals surface area contributed by atoms with Crippen molar-refractivity contribution in [3.05, 3.63) is 21.9 Å². The highest BCUT2D eigenvalue weighted by molar-refractivity contribution is 7.10. The number of thiophene rings is 1. The summed E-state index contributed by atoms with van der Waals surface area (Å²) in [6.45, 7) is 3.43. The van der Waals surface area contributed by atoms with Crippen LogP contribution in [0, 0.1) is 11.8 Å². The lowest BCUT2D eigenvalue weighted by atomic mass is 10.3. The number of carbonyl (C=O) groups is 1. The van der Waals surface area contributed by atoms with E-state index in [0.29, 0.717) is 19.8 Å². The summed E-state index contributed by atoms with van der Waals surface area (Å²) < 4.78 is 15.6. The van der Waals surface area contributed by atoms with E-state index in [4.69, 9.17) is 14.2 Å². The Morgan fingerprint density at radius 3 is 3.06 bits per heavy atom. The molecule has 96 valence electrons. The van der Waals surface area contributed by atoms with Crippen molar-refractivity contribution in [2.24, 2.45) is 0 Å². The van der Waals surface area contributed by atoms with Gasteiger partial charge in [-0.1, -0.05) is 11.8 Å². The molecule has 18 heavy (non-hydrogen) atoms. The molecule has 5 heteroatoms. The summed E-state index contributed by atoms with van der Waals surface area (Å²) in [5.41, 5.74) is 0.874. The van der Waals surface area contributed by atoms with Gasteiger partial charge in [-0.15, -0.1) is 11.3 Å². The van der Waals surface area contributed by atoms with Crippen molar-refractivity contribution in [2.45, 2.75) is 19.6 Å². The lowest BCUT2D eigenvalue weighted by Gasteiger charge is -2.03. The summed E-state index contributed by atoms with van der Waals surface area (Å²) in [6, 6.07) is 1.93. The zero-order chi connectivity index (χ0) is 12.8. The minimum atomic E-state index is -0.289. The highest BCUT2D eigenvalue weighted by Crippen LogP contribution is 2.28. The molecular formula is C13H14O4S. The summed E-state index contributed by atoms with van der Waals surface area (Å²) >= 11 is 1.55. The summed E-state index contributed by atoms with van der Waals surface area (Å²) in [6.07, 6.45) is -0.134. The molecule has 0 N–H and O–H groups in total. The van der Waals surface area contributed by atoms with Gasteiger partial charge in [0.25, 0.3) is 0 Å². The molecule has 2 rings (SSSR count). The van der Waals surface area contributed by atoms with Crippen molar-refractivity contribution in [3.8, 4) is 11.8 Å². The number of esters is 1. The highest BCUT2D eigenvalue weighted by Gasteiger charge is 2.19. The van der Waals surface area contributed by atoms with Crippen LogP contribution in [0.2, 0.25) is 0 Å². The van der Waals surface area contributed by atoms with E-state index in [0.717, 1.165) is 10.4 Å². The van der Waals surface area contributed by atoms with Crippen molar-refractivity contribution >= 4 is 17.3 Å². The van der Waals surface area contributed by atoms with Crippen LogP contribution in [0.5, 0.6) is 0 Å². The molecule has 4 nitrogen and oxygen atoms in total. The number of hydrogen-bond donors (Lipinski definition) is 0. The summed E-state index contributed by atoms with van der Waals surface area (Å²) in [5.74, 6) is 5.43. The van der Waals surface area contributed by atoms with Gasteiger partial charge in [0.15, 0.2) is 6.29 Å². The lowest BCUT2D eigenvalue weighted by Crippen LogP contribution is -2.01. The van der Waals surface area contributed by atoms with E-state index < -0.39 is 0 Å². The fourth-order valence-electron chi connectivity index (χ4n) is 1.50. The van der Waals surface area contributed by atoms with Gasteiger partial charge in [-0.05, 0) is 13.0 Å². The highest BCUT2D eigenvalue weighted by atomic mass is 32.1. The van der Waals surface area contributed by atoms with Crippen LogP contribution in [0.15, 0.2) is 11.4 Å². The maximum atomic E-state index is 11.1. The second-order valence-corrected chi connectivity index (χ2v) is 4.54. The first-order valence-electron chi connectivity index (χ1n) is 5.75. The van der Waals surface area contributed by atoms with Crippen molar-refractivity contribution in [1.29, 1.82) is 0 Å². The smallest absolute Gasteiger partial charge is 0.317 e. The topological polar surface area (TPSA) is 44.8 Å². The van der Waals surface area contributed by atoms with Crippen LogP contribution in [-0.2, 0) is 19.0 Å². The van der Waals surface area contributed by atoms with Crippen LogP contribution in [0.3, 0.4) is 0 Å². The molecule has 0 aromatic carbocycles. The van der Waals surface area contributed by atoms with Crippen LogP contribution < -0.4 is 0 Å².